The third kappa shape index (κ3) is 3.24. The van der Waals surface area contributed by atoms with Gasteiger partial charge in [0.25, 0.3) is 5.91 Å². The quantitative estimate of drug-likeness (QED) is 0.671. The van der Waals surface area contributed by atoms with Crippen LogP contribution in [0.25, 0.3) is 16.7 Å². The van der Waals surface area contributed by atoms with E-state index in [0.29, 0.717) is 0 Å². The van der Waals surface area contributed by atoms with Gasteiger partial charge in [-0.15, -0.1) is 0 Å². The van der Waals surface area contributed by atoms with E-state index in [4.69, 9.17) is 4.98 Å². The van der Waals surface area contributed by atoms with Crippen molar-refractivity contribution >= 4 is 16.9 Å². The Morgan fingerprint density at radius 3 is 2.35 bits per heavy atom. The van der Waals surface area contributed by atoms with Crippen LogP contribution in [-0.2, 0) is 0 Å². The van der Waals surface area contributed by atoms with Crippen molar-refractivity contribution in [1.29, 1.82) is 0 Å². The Balaban J connectivity index is 1.67. The highest BCUT2D eigenvalue weighted by molar-refractivity contribution is 5.97. The molecular weight excluding hydrogens is 322 g/mol. The Hall–Kier alpha value is -2.62. The van der Waals surface area contributed by atoms with Gasteiger partial charge in [0, 0.05) is 24.3 Å². The lowest BCUT2D eigenvalue weighted by molar-refractivity contribution is 0.0742. The van der Waals surface area contributed by atoms with Crippen LogP contribution in [0.2, 0.25) is 0 Å². The van der Waals surface area contributed by atoms with E-state index in [0.717, 1.165) is 54.0 Å². The van der Waals surface area contributed by atoms with Gasteiger partial charge in [-0.25, -0.2) is 4.98 Å². The molecule has 0 atom stereocenters. The van der Waals surface area contributed by atoms with E-state index in [2.05, 4.69) is 16.7 Å². The Bertz CT molecular complexity index is 906. The van der Waals surface area contributed by atoms with Gasteiger partial charge in [-0.05, 0) is 50.1 Å². The maximum absolute atomic E-state index is 13.0. The van der Waals surface area contributed by atoms with Gasteiger partial charge in [0.05, 0.1) is 11.0 Å². The van der Waals surface area contributed by atoms with E-state index >= 15 is 0 Å². The molecular formula is C22H25N3O. The van der Waals surface area contributed by atoms with Crippen molar-refractivity contribution in [3.05, 3.63) is 59.9 Å². The lowest BCUT2D eigenvalue weighted by Gasteiger charge is -2.24. The fourth-order valence-corrected chi connectivity index (χ4v) is 3.87. The van der Waals surface area contributed by atoms with Gasteiger partial charge in [0.15, 0.2) is 0 Å². The van der Waals surface area contributed by atoms with E-state index in [1.165, 1.54) is 19.3 Å². The molecule has 0 radical (unpaired) electrons. The maximum atomic E-state index is 13.0. The number of hydrogen-bond acceptors (Lipinski definition) is 2. The van der Waals surface area contributed by atoms with E-state index in [9.17, 15) is 4.79 Å². The molecule has 2 aromatic carbocycles. The minimum absolute atomic E-state index is 0.140. The molecule has 1 amide bonds. The molecule has 134 valence electrons. The van der Waals surface area contributed by atoms with Gasteiger partial charge < -0.3 is 4.90 Å². The van der Waals surface area contributed by atoms with Gasteiger partial charge in [0.2, 0.25) is 0 Å². The van der Waals surface area contributed by atoms with Crippen molar-refractivity contribution in [2.75, 3.05) is 13.1 Å². The van der Waals surface area contributed by atoms with Gasteiger partial charge >= 0.3 is 0 Å². The van der Waals surface area contributed by atoms with Crippen LogP contribution in [0.4, 0.5) is 0 Å². The second-order valence-corrected chi connectivity index (χ2v) is 7.09. The predicted octanol–water partition coefficient (Wildman–Crippen LogP) is 4.74. The van der Waals surface area contributed by atoms with Gasteiger partial charge in [0.1, 0.15) is 5.82 Å². The van der Waals surface area contributed by atoms with Crippen molar-refractivity contribution < 1.29 is 4.79 Å². The van der Waals surface area contributed by atoms with Crippen molar-refractivity contribution in [3.8, 4) is 5.69 Å². The Morgan fingerprint density at radius 2 is 1.62 bits per heavy atom. The molecule has 1 saturated heterocycles. The number of aryl methyl sites for hydroxylation is 1. The van der Waals surface area contributed by atoms with E-state index in [1.807, 2.05) is 48.2 Å². The Labute approximate surface area is 154 Å². The molecule has 1 aliphatic heterocycles. The van der Waals surface area contributed by atoms with Crippen LogP contribution in [0.3, 0.4) is 0 Å². The summed E-state index contributed by atoms with van der Waals surface area (Å²) in [5.41, 5.74) is 3.76. The third-order valence-corrected chi connectivity index (χ3v) is 5.23. The Kier molecular flexibility index (Phi) is 4.74. The zero-order chi connectivity index (χ0) is 17.9. The topological polar surface area (TPSA) is 38.1 Å². The lowest BCUT2D eigenvalue weighted by Crippen LogP contribution is -2.33. The largest absolute Gasteiger partial charge is 0.339 e. The highest BCUT2D eigenvalue weighted by atomic mass is 16.2. The van der Waals surface area contributed by atoms with Gasteiger partial charge in [-0.3, -0.25) is 9.36 Å². The van der Waals surface area contributed by atoms with Crippen molar-refractivity contribution in [1.82, 2.24) is 14.5 Å². The SMILES string of the molecule is Cc1nc2cc(C(=O)N3CCCCCCC3)ccc2n1-c1ccccc1. The molecule has 26 heavy (non-hydrogen) atoms. The summed E-state index contributed by atoms with van der Waals surface area (Å²) in [7, 11) is 0. The van der Waals surface area contributed by atoms with Crippen LogP contribution in [0.5, 0.6) is 0 Å². The summed E-state index contributed by atoms with van der Waals surface area (Å²) >= 11 is 0. The molecule has 1 aliphatic rings. The smallest absolute Gasteiger partial charge is 0.253 e. The van der Waals surface area contributed by atoms with Crippen LogP contribution in [-0.4, -0.2) is 33.4 Å². The number of aromatic nitrogens is 2. The van der Waals surface area contributed by atoms with E-state index < -0.39 is 0 Å². The average Bonchev–Trinajstić information content (AvgIpc) is 2.96. The molecule has 4 rings (SSSR count). The zero-order valence-electron chi connectivity index (χ0n) is 15.3. The summed E-state index contributed by atoms with van der Waals surface area (Å²) in [5, 5.41) is 0. The molecule has 0 aliphatic carbocycles. The average molecular weight is 347 g/mol. The summed E-state index contributed by atoms with van der Waals surface area (Å²) in [6.07, 6.45) is 5.96. The standard InChI is InChI=1S/C22H25N3O/c1-17-23-20-16-18(22(26)24-14-8-3-2-4-9-15-24)12-13-21(20)25(17)19-10-6-5-7-11-19/h5-7,10-13,16H,2-4,8-9,14-15H2,1H3. The number of carbonyl (C=O) groups is 1. The lowest BCUT2D eigenvalue weighted by atomic mass is 10.1. The molecule has 0 unspecified atom stereocenters. The van der Waals surface area contributed by atoms with Crippen LogP contribution in [0, 0.1) is 6.92 Å². The number of amides is 1. The monoisotopic (exact) mass is 347 g/mol. The summed E-state index contributed by atoms with van der Waals surface area (Å²) < 4.78 is 2.14. The first-order valence-corrected chi connectivity index (χ1v) is 9.58. The summed E-state index contributed by atoms with van der Waals surface area (Å²) in [5.74, 6) is 1.07. The molecule has 2 heterocycles. The van der Waals surface area contributed by atoms with Gasteiger partial charge in [-0.1, -0.05) is 37.5 Å². The maximum Gasteiger partial charge on any atom is 0.253 e. The number of hydrogen-bond donors (Lipinski definition) is 0. The zero-order valence-corrected chi connectivity index (χ0v) is 15.3. The number of para-hydroxylation sites is 1. The number of benzene rings is 2. The second-order valence-electron chi connectivity index (χ2n) is 7.09. The number of imidazole rings is 1. The first-order valence-electron chi connectivity index (χ1n) is 9.58. The number of nitrogens with zero attached hydrogens (tertiary/aromatic N) is 3. The van der Waals surface area contributed by atoms with E-state index in [1.54, 1.807) is 0 Å². The van der Waals surface area contributed by atoms with Crippen LogP contribution in [0.1, 0.15) is 48.3 Å². The minimum atomic E-state index is 0.140. The fraction of sp³-hybridized carbons (Fsp3) is 0.364. The summed E-state index contributed by atoms with van der Waals surface area (Å²) in [6, 6.07) is 16.1. The van der Waals surface area contributed by atoms with Crippen molar-refractivity contribution in [2.45, 2.75) is 39.0 Å². The molecule has 1 aromatic heterocycles. The predicted molar refractivity (Wildman–Crippen MR) is 105 cm³/mol. The van der Waals surface area contributed by atoms with Gasteiger partial charge in [-0.2, -0.15) is 0 Å². The highest BCUT2D eigenvalue weighted by Crippen LogP contribution is 2.23. The fourth-order valence-electron chi connectivity index (χ4n) is 3.87. The van der Waals surface area contributed by atoms with Crippen LogP contribution >= 0.6 is 0 Å². The number of likely N-dealkylation sites (tertiary alicyclic amines) is 1. The molecule has 0 N–H and O–H groups in total. The number of rotatable bonds is 2. The molecule has 0 spiro atoms. The normalized spacial score (nSPS) is 15.7. The van der Waals surface area contributed by atoms with E-state index in [-0.39, 0.29) is 5.91 Å². The molecule has 4 heteroatoms. The Morgan fingerprint density at radius 1 is 0.923 bits per heavy atom. The highest BCUT2D eigenvalue weighted by Gasteiger charge is 2.18. The second kappa shape index (κ2) is 7.32. The molecule has 0 bridgehead atoms. The van der Waals surface area contributed by atoms with Crippen LogP contribution < -0.4 is 0 Å². The van der Waals surface area contributed by atoms with Crippen molar-refractivity contribution in [2.24, 2.45) is 0 Å². The molecule has 1 fully saturated rings. The number of carbonyl (C=O) groups excluding carboxylic acids is 1. The first-order chi connectivity index (χ1) is 12.7. The third-order valence-electron chi connectivity index (χ3n) is 5.23. The van der Waals surface area contributed by atoms with Crippen LogP contribution in [0.15, 0.2) is 48.5 Å². The van der Waals surface area contributed by atoms with Crippen molar-refractivity contribution in [3.63, 3.8) is 0 Å². The first kappa shape index (κ1) is 16.8. The summed E-state index contributed by atoms with van der Waals surface area (Å²) in [6.45, 7) is 3.75. The molecule has 3 aromatic rings. The molecule has 0 saturated carbocycles. The number of fused-ring (bicyclic) bond motifs is 1. The molecule has 4 nitrogen and oxygen atoms in total. The minimum Gasteiger partial charge on any atom is -0.339 e. The summed E-state index contributed by atoms with van der Waals surface area (Å²) in [4.78, 5) is 19.7.